The van der Waals surface area contributed by atoms with Gasteiger partial charge in [-0.1, -0.05) is 12.1 Å². The zero-order chi connectivity index (χ0) is 23.2. The van der Waals surface area contributed by atoms with E-state index >= 15 is 0 Å². The summed E-state index contributed by atoms with van der Waals surface area (Å²) in [7, 11) is -3.68. The van der Waals surface area contributed by atoms with Crippen molar-refractivity contribution in [3.63, 3.8) is 0 Å². The van der Waals surface area contributed by atoms with Gasteiger partial charge in [-0.05, 0) is 80.4 Å². The van der Waals surface area contributed by atoms with E-state index in [1.165, 1.54) is 12.1 Å². The van der Waals surface area contributed by atoms with Crippen LogP contribution in [0.15, 0.2) is 24.3 Å². The van der Waals surface area contributed by atoms with Crippen LogP contribution in [-0.2, 0) is 21.4 Å². The SMILES string of the molecule is N#CC1CCCN1C(=O)CNC12CC3CC(CC(C3)C1S(=O)(=O)NCc1ccc(F)cc1)C2. The van der Waals surface area contributed by atoms with Gasteiger partial charge in [0.2, 0.25) is 15.9 Å². The highest BCUT2D eigenvalue weighted by Crippen LogP contribution is 2.57. The quantitative estimate of drug-likeness (QED) is 0.631. The fraction of sp³-hybridized carbons (Fsp3) is 0.667. The molecule has 2 N–H and O–H groups in total. The molecule has 0 aromatic heterocycles. The number of sulfonamides is 1. The molecule has 6 rings (SSSR count). The Morgan fingerprint density at radius 1 is 1.18 bits per heavy atom. The van der Waals surface area contributed by atoms with Crippen LogP contribution < -0.4 is 10.0 Å². The summed E-state index contributed by atoms with van der Waals surface area (Å²) >= 11 is 0. The monoisotopic (exact) mass is 474 g/mol. The van der Waals surface area contributed by atoms with Crippen LogP contribution in [0.25, 0.3) is 0 Å². The number of halogens is 1. The number of amides is 1. The number of hydrogen-bond donors (Lipinski definition) is 2. The lowest BCUT2D eigenvalue weighted by molar-refractivity contribution is -0.131. The van der Waals surface area contributed by atoms with E-state index in [1.807, 2.05) is 0 Å². The van der Waals surface area contributed by atoms with Gasteiger partial charge in [0.05, 0.1) is 17.9 Å². The molecule has 4 aliphatic carbocycles. The first-order valence-electron chi connectivity index (χ1n) is 12.0. The molecule has 5 aliphatic rings. The van der Waals surface area contributed by atoms with E-state index in [0.717, 1.165) is 38.5 Å². The Labute approximate surface area is 194 Å². The van der Waals surface area contributed by atoms with E-state index in [4.69, 9.17) is 0 Å². The van der Waals surface area contributed by atoms with Crippen LogP contribution in [0.3, 0.4) is 0 Å². The normalized spacial score (nSPS) is 35.0. The van der Waals surface area contributed by atoms with Crippen LogP contribution in [0, 0.1) is 34.9 Å². The Balaban J connectivity index is 1.34. The molecule has 33 heavy (non-hydrogen) atoms. The molecule has 1 heterocycles. The lowest BCUT2D eigenvalue weighted by atomic mass is 9.52. The predicted molar refractivity (Wildman–Crippen MR) is 121 cm³/mol. The summed E-state index contributed by atoms with van der Waals surface area (Å²) in [4.78, 5) is 14.5. The molecule has 9 heteroatoms. The van der Waals surface area contributed by atoms with E-state index in [1.54, 1.807) is 17.0 Å². The topological polar surface area (TPSA) is 102 Å². The summed E-state index contributed by atoms with van der Waals surface area (Å²) in [5.74, 6) is 0.583. The summed E-state index contributed by atoms with van der Waals surface area (Å²) < 4.78 is 43.2. The Hall–Kier alpha value is -2.02. The number of hydrogen-bond acceptors (Lipinski definition) is 5. The molecule has 178 valence electrons. The Morgan fingerprint density at radius 3 is 2.55 bits per heavy atom. The molecule has 4 bridgehead atoms. The number of carbonyl (C=O) groups is 1. The summed E-state index contributed by atoms with van der Waals surface area (Å²) in [6, 6.07) is 7.65. The molecule has 5 fully saturated rings. The van der Waals surface area contributed by atoms with E-state index in [0.29, 0.717) is 30.4 Å². The first kappa shape index (κ1) is 22.8. The predicted octanol–water partition coefficient (Wildman–Crippen LogP) is 2.30. The van der Waals surface area contributed by atoms with Gasteiger partial charge in [-0.2, -0.15) is 5.26 Å². The van der Waals surface area contributed by atoms with Gasteiger partial charge < -0.3 is 10.2 Å². The van der Waals surface area contributed by atoms with E-state index in [-0.39, 0.29) is 36.8 Å². The first-order valence-corrected chi connectivity index (χ1v) is 13.5. The minimum atomic E-state index is -3.68. The molecule has 1 aliphatic heterocycles. The number of nitrogens with one attached hydrogen (secondary N) is 2. The highest BCUT2D eigenvalue weighted by Gasteiger charge is 2.61. The molecule has 1 aromatic carbocycles. The molecular weight excluding hydrogens is 443 g/mol. The van der Waals surface area contributed by atoms with Gasteiger partial charge in [-0.25, -0.2) is 17.5 Å². The van der Waals surface area contributed by atoms with Crippen molar-refractivity contribution in [2.24, 2.45) is 17.8 Å². The Bertz CT molecular complexity index is 1040. The lowest BCUT2D eigenvalue weighted by Gasteiger charge is -2.60. The van der Waals surface area contributed by atoms with Crippen LogP contribution in [-0.4, -0.2) is 49.1 Å². The molecule has 1 saturated heterocycles. The van der Waals surface area contributed by atoms with Crippen molar-refractivity contribution >= 4 is 15.9 Å². The smallest absolute Gasteiger partial charge is 0.237 e. The second-order valence-electron chi connectivity index (χ2n) is 10.4. The van der Waals surface area contributed by atoms with Crippen molar-refractivity contribution in [3.05, 3.63) is 35.6 Å². The average Bonchev–Trinajstić information content (AvgIpc) is 3.25. The third kappa shape index (κ3) is 4.29. The number of carbonyl (C=O) groups excluding carboxylic acids is 1. The van der Waals surface area contributed by atoms with Crippen LogP contribution in [0.1, 0.15) is 50.5 Å². The van der Waals surface area contributed by atoms with Crippen molar-refractivity contribution in [3.8, 4) is 6.07 Å². The van der Waals surface area contributed by atoms with Gasteiger partial charge in [-0.3, -0.25) is 4.79 Å². The maximum absolute atomic E-state index is 13.6. The zero-order valence-electron chi connectivity index (χ0n) is 18.7. The van der Waals surface area contributed by atoms with Gasteiger partial charge in [0, 0.05) is 18.6 Å². The fourth-order valence-corrected chi connectivity index (χ4v) is 9.36. The lowest BCUT2D eigenvalue weighted by Crippen LogP contribution is -2.71. The standard InChI is InChI=1S/C24H31FN4O3S/c25-20-5-3-16(4-6-20)14-28-33(31,32)23-19-9-17-8-18(10-19)12-24(23,11-17)27-15-22(30)29-7-1-2-21(29)13-26/h3-6,17-19,21,23,27-28H,1-2,7-12,14-15H2. The van der Waals surface area contributed by atoms with E-state index in [2.05, 4.69) is 16.1 Å². The molecule has 0 spiro atoms. The summed E-state index contributed by atoms with van der Waals surface area (Å²) in [6.45, 7) is 0.764. The van der Waals surface area contributed by atoms with Crippen molar-refractivity contribution in [1.82, 2.24) is 14.9 Å². The maximum Gasteiger partial charge on any atom is 0.237 e. The number of benzene rings is 1. The van der Waals surface area contributed by atoms with Gasteiger partial charge >= 0.3 is 0 Å². The number of nitrogens with zero attached hydrogens (tertiary/aromatic N) is 2. The minimum absolute atomic E-state index is 0.0638. The number of rotatable bonds is 7. The van der Waals surface area contributed by atoms with Crippen LogP contribution >= 0.6 is 0 Å². The fourth-order valence-electron chi connectivity index (χ4n) is 7.22. The molecule has 7 nitrogen and oxygen atoms in total. The molecule has 1 amide bonds. The van der Waals surface area contributed by atoms with Crippen molar-refractivity contribution in [2.45, 2.75) is 68.3 Å². The van der Waals surface area contributed by atoms with Gasteiger partial charge in [0.25, 0.3) is 0 Å². The maximum atomic E-state index is 13.6. The van der Waals surface area contributed by atoms with E-state index in [9.17, 15) is 22.9 Å². The zero-order valence-corrected chi connectivity index (χ0v) is 19.5. The highest BCUT2D eigenvalue weighted by molar-refractivity contribution is 7.90. The third-order valence-electron chi connectivity index (χ3n) is 8.26. The summed E-state index contributed by atoms with van der Waals surface area (Å²) in [6.07, 6.45) is 6.02. The second-order valence-corrected chi connectivity index (χ2v) is 12.3. The minimum Gasteiger partial charge on any atom is -0.326 e. The molecular formula is C24H31FN4O3S. The van der Waals surface area contributed by atoms with Crippen LogP contribution in [0.2, 0.25) is 0 Å². The van der Waals surface area contributed by atoms with E-state index < -0.39 is 20.8 Å². The average molecular weight is 475 g/mol. The summed E-state index contributed by atoms with van der Waals surface area (Å²) in [5, 5.41) is 12.2. The first-order chi connectivity index (χ1) is 15.8. The van der Waals surface area contributed by atoms with Crippen LogP contribution in [0.4, 0.5) is 4.39 Å². The van der Waals surface area contributed by atoms with Crippen molar-refractivity contribution < 1.29 is 17.6 Å². The molecule has 1 aromatic rings. The molecule has 4 atom stereocenters. The second kappa shape index (κ2) is 8.64. The third-order valence-corrected chi connectivity index (χ3v) is 10.3. The molecule has 0 radical (unpaired) electrons. The number of nitriles is 1. The largest absolute Gasteiger partial charge is 0.326 e. The van der Waals surface area contributed by atoms with Gasteiger partial charge in [0.15, 0.2) is 0 Å². The van der Waals surface area contributed by atoms with Crippen molar-refractivity contribution in [2.75, 3.05) is 13.1 Å². The highest BCUT2D eigenvalue weighted by atomic mass is 32.2. The summed E-state index contributed by atoms with van der Waals surface area (Å²) in [5.41, 5.74) is 0.0820. The van der Waals surface area contributed by atoms with Crippen LogP contribution in [0.5, 0.6) is 0 Å². The molecule has 4 unspecified atom stereocenters. The molecule has 4 saturated carbocycles. The number of likely N-dealkylation sites (tertiary alicyclic amines) is 1. The van der Waals surface area contributed by atoms with Crippen molar-refractivity contribution in [1.29, 1.82) is 5.26 Å². The Morgan fingerprint density at radius 2 is 1.88 bits per heavy atom. The Kier molecular flexibility index (Phi) is 5.96. The van der Waals surface area contributed by atoms with Gasteiger partial charge in [-0.15, -0.1) is 0 Å². The van der Waals surface area contributed by atoms with Gasteiger partial charge in [0.1, 0.15) is 11.9 Å².